The van der Waals surface area contributed by atoms with Crippen LogP contribution in [0.4, 0.5) is 0 Å². The molecule has 4 N–H and O–H groups in total. The van der Waals surface area contributed by atoms with E-state index in [9.17, 15) is 24.6 Å². The molecule has 3 amide bonds. The molecule has 4 aromatic heterocycles. The Morgan fingerprint density at radius 1 is 1.12 bits per heavy atom. The number of likely N-dealkylation sites (tertiary alicyclic amines) is 1. The van der Waals surface area contributed by atoms with Gasteiger partial charge in [-0.15, -0.1) is 21.5 Å². The lowest BCUT2D eigenvalue weighted by molar-refractivity contribution is -0.145. The molecule has 3 atom stereocenters. The molecule has 0 bridgehead atoms. The van der Waals surface area contributed by atoms with Crippen molar-refractivity contribution in [2.24, 2.45) is 5.92 Å². The Morgan fingerprint density at radius 3 is 2.66 bits per heavy atom. The zero-order valence-corrected chi connectivity index (χ0v) is 33.4. The third-order valence-corrected chi connectivity index (χ3v) is 12.5. The Bertz CT molecular complexity index is 2490. The predicted molar refractivity (Wildman–Crippen MR) is 215 cm³/mol. The number of phenolic OH excluding ortho intramolecular Hbond substituents is 1. The van der Waals surface area contributed by atoms with Crippen LogP contribution >= 0.6 is 11.3 Å². The molecular formula is C42H44N8O7S. The maximum absolute atomic E-state index is 14.4. The zero-order chi connectivity index (χ0) is 40.7. The van der Waals surface area contributed by atoms with Crippen LogP contribution in [0.1, 0.15) is 55.5 Å². The Kier molecular flexibility index (Phi) is 10.5. The highest BCUT2D eigenvalue weighted by Crippen LogP contribution is 2.38. The van der Waals surface area contributed by atoms with Crippen molar-refractivity contribution >= 4 is 40.1 Å². The second-order valence-electron chi connectivity index (χ2n) is 15.4. The van der Waals surface area contributed by atoms with Crippen LogP contribution in [-0.2, 0) is 39.3 Å². The van der Waals surface area contributed by atoms with Crippen molar-refractivity contribution in [3.63, 3.8) is 0 Å². The maximum atomic E-state index is 14.4. The van der Waals surface area contributed by atoms with Crippen LogP contribution in [0.25, 0.3) is 32.7 Å². The molecule has 1 fully saturated rings. The molecule has 6 aromatic rings. The van der Waals surface area contributed by atoms with Gasteiger partial charge in [0.1, 0.15) is 17.2 Å². The number of nitrogens with zero attached hydrogens (tertiary/aromatic N) is 6. The molecule has 2 aliphatic rings. The lowest BCUT2D eigenvalue weighted by Gasteiger charge is -2.35. The maximum Gasteiger partial charge on any atom is 0.260 e. The summed E-state index contributed by atoms with van der Waals surface area (Å²) >= 11 is 1.57. The average molecular weight is 805 g/mol. The summed E-state index contributed by atoms with van der Waals surface area (Å²) in [5.74, 6) is -0.958. The van der Waals surface area contributed by atoms with Gasteiger partial charge in [-0.2, -0.15) is 0 Å². The van der Waals surface area contributed by atoms with Gasteiger partial charge in [-0.05, 0) is 54.2 Å². The number of fused-ring (bicyclic) bond motifs is 3. The highest BCUT2D eigenvalue weighted by atomic mass is 32.1. The van der Waals surface area contributed by atoms with Crippen molar-refractivity contribution in [2.75, 3.05) is 19.7 Å². The van der Waals surface area contributed by atoms with E-state index in [1.54, 1.807) is 41.4 Å². The fraction of sp³-hybridized carbons (Fsp3) is 0.357. The molecule has 0 aliphatic carbocycles. The third-order valence-electron chi connectivity index (χ3n) is 11.5. The van der Waals surface area contributed by atoms with Gasteiger partial charge in [-0.1, -0.05) is 50.2 Å². The number of aliphatic hydroxyl groups is 1. The number of rotatable bonds is 11. The van der Waals surface area contributed by atoms with E-state index >= 15 is 0 Å². The van der Waals surface area contributed by atoms with E-state index in [-0.39, 0.29) is 67.1 Å². The largest absolute Gasteiger partial charge is 0.507 e. The molecule has 6 heterocycles. The molecule has 2 aliphatic heterocycles. The summed E-state index contributed by atoms with van der Waals surface area (Å²) in [6.45, 7) is 8.15. The topological polar surface area (TPSA) is 200 Å². The van der Waals surface area contributed by atoms with E-state index in [4.69, 9.17) is 9.26 Å². The number of amides is 3. The van der Waals surface area contributed by atoms with Crippen molar-refractivity contribution in [1.82, 2.24) is 40.4 Å². The smallest absolute Gasteiger partial charge is 0.260 e. The summed E-state index contributed by atoms with van der Waals surface area (Å²) < 4.78 is 11.5. The fourth-order valence-corrected chi connectivity index (χ4v) is 8.53. The highest BCUT2D eigenvalue weighted by Gasteiger charge is 2.50. The van der Waals surface area contributed by atoms with Crippen molar-refractivity contribution in [1.29, 1.82) is 0 Å². The number of carbonyl (C=O) groups excluding carboxylic acids is 3. The van der Waals surface area contributed by atoms with Gasteiger partial charge >= 0.3 is 0 Å². The van der Waals surface area contributed by atoms with Crippen molar-refractivity contribution in [2.45, 2.75) is 71.2 Å². The van der Waals surface area contributed by atoms with Crippen LogP contribution in [0.3, 0.4) is 0 Å². The lowest BCUT2D eigenvalue weighted by Crippen LogP contribution is -2.53. The van der Waals surface area contributed by atoms with Crippen molar-refractivity contribution in [3.8, 4) is 33.3 Å². The number of aromatic hydroxyl groups is 1. The van der Waals surface area contributed by atoms with E-state index in [1.807, 2.05) is 62.7 Å². The number of aryl methyl sites for hydroxylation is 1. The first-order chi connectivity index (χ1) is 27.9. The molecule has 16 heteroatoms. The van der Waals surface area contributed by atoms with Crippen LogP contribution in [0.15, 0.2) is 70.7 Å². The Labute approximate surface area is 338 Å². The first kappa shape index (κ1) is 38.7. The second kappa shape index (κ2) is 15.7. The van der Waals surface area contributed by atoms with Crippen LogP contribution in [0, 0.1) is 12.8 Å². The summed E-state index contributed by atoms with van der Waals surface area (Å²) in [6, 6.07) is 17.3. The van der Waals surface area contributed by atoms with Crippen LogP contribution in [-0.4, -0.2) is 94.9 Å². The number of aliphatic hydroxyl groups excluding tert-OH is 1. The number of hydrogen-bond acceptors (Lipinski definition) is 12. The summed E-state index contributed by atoms with van der Waals surface area (Å²) in [7, 11) is 0. The molecule has 300 valence electrons. The first-order valence-electron chi connectivity index (χ1n) is 19.2. The van der Waals surface area contributed by atoms with Gasteiger partial charge in [-0.3, -0.25) is 14.4 Å². The molecule has 0 unspecified atom stereocenters. The number of thiazole rings is 1. The minimum atomic E-state index is -1.28. The van der Waals surface area contributed by atoms with Crippen LogP contribution in [0.2, 0.25) is 0 Å². The molecule has 8 rings (SSSR count). The summed E-state index contributed by atoms with van der Waals surface area (Å²) in [4.78, 5) is 53.3. The van der Waals surface area contributed by atoms with Gasteiger partial charge in [-0.25, -0.2) is 4.98 Å². The van der Waals surface area contributed by atoms with Gasteiger partial charge in [0.05, 0.1) is 27.9 Å². The average Bonchev–Trinajstić information content (AvgIpc) is 4.04. The minimum absolute atomic E-state index is 0.00921. The number of nitrogens with one attached hydrogen (secondary N) is 2. The number of carbonyl (C=O) groups is 3. The van der Waals surface area contributed by atoms with E-state index in [1.165, 1.54) is 11.0 Å². The SMILES string of the molecule is Cc1ncsc1-c1ccc(CNC(=O)[C@@H]2C[C@@H](O)CN2C(=O)[C@](C)(c2cc(OCC(=O)N3CCc4[nH]c5nnc(-c6ccccc6O)cc5c4C3)no2)C(C)C)cc1. The van der Waals surface area contributed by atoms with Crippen LogP contribution < -0.4 is 10.1 Å². The Balaban J connectivity index is 0.910. The molecule has 0 spiro atoms. The van der Waals surface area contributed by atoms with Gasteiger partial charge < -0.3 is 39.6 Å². The molecular weight excluding hydrogens is 761 g/mol. The monoisotopic (exact) mass is 804 g/mol. The van der Waals surface area contributed by atoms with E-state index in [2.05, 4.69) is 30.6 Å². The molecule has 0 saturated carbocycles. The normalized spacial score (nSPS) is 17.7. The summed E-state index contributed by atoms with van der Waals surface area (Å²) in [5.41, 5.74) is 7.03. The highest BCUT2D eigenvalue weighted by molar-refractivity contribution is 7.13. The quantitative estimate of drug-likeness (QED) is 0.139. The number of ether oxygens (including phenoxy) is 1. The minimum Gasteiger partial charge on any atom is -0.507 e. The number of phenols is 1. The number of aromatic amines is 1. The number of hydrogen-bond donors (Lipinski definition) is 4. The third kappa shape index (κ3) is 7.28. The standard InChI is InChI=1S/C42H44N8O7S/c1-23(2)42(4,41(55)50-19-27(51)15-33(50)40(54)43-18-25-9-11-26(12-10-25)38-24(3)44-22-58-38)35-17-36(48-57-35)56-21-37(53)49-14-13-31-30(20-49)29-16-32(46-47-39(29)45-31)28-7-5-6-8-34(28)52/h5-12,16-17,22-23,27,33,51-52H,13-15,18-21H2,1-4H3,(H,43,54)(H,45,47)/t27-,33+,42+/m1/s1. The van der Waals surface area contributed by atoms with Gasteiger partial charge in [0.15, 0.2) is 18.0 Å². The zero-order valence-electron chi connectivity index (χ0n) is 32.6. The fourth-order valence-electron chi connectivity index (χ4n) is 7.72. The van der Waals surface area contributed by atoms with Crippen molar-refractivity contribution in [3.05, 3.63) is 94.4 Å². The van der Waals surface area contributed by atoms with Crippen molar-refractivity contribution < 1.29 is 33.9 Å². The Hall–Kier alpha value is -6.13. The number of β-amino-alcohol motifs (C(OH)–C–C–N with tert-alkyl or cyclic N) is 1. The lowest BCUT2D eigenvalue weighted by atomic mass is 9.75. The van der Waals surface area contributed by atoms with E-state index < -0.39 is 17.6 Å². The van der Waals surface area contributed by atoms with Gasteiger partial charge in [0, 0.05) is 67.3 Å². The van der Waals surface area contributed by atoms with Gasteiger partial charge in [0.2, 0.25) is 11.8 Å². The summed E-state index contributed by atoms with van der Waals surface area (Å²) in [5, 5.41) is 37.5. The molecule has 0 radical (unpaired) electrons. The second-order valence-corrected chi connectivity index (χ2v) is 16.2. The van der Waals surface area contributed by atoms with E-state index in [0.717, 1.165) is 38.3 Å². The number of aromatic nitrogens is 5. The van der Waals surface area contributed by atoms with Gasteiger partial charge in [0.25, 0.3) is 11.8 Å². The molecule has 15 nitrogen and oxygen atoms in total. The molecule has 2 aromatic carbocycles. The Morgan fingerprint density at radius 2 is 1.91 bits per heavy atom. The first-order valence-corrected chi connectivity index (χ1v) is 20.1. The summed E-state index contributed by atoms with van der Waals surface area (Å²) in [6.07, 6.45) is -0.193. The predicted octanol–water partition coefficient (Wildman–Crippen LogP) is 4.91. The molecule has 58 heavy (non-hydrogen) atoms. The van der Waals surface area contributed by atoms with E-state index in [0.29, 0.717) is 36.4 Å². The molecule has 1 saturated heterocycles. The number of para-hydroxylation sites is 1. The number of benzene rings is 2. The van der Waals surface area contributed by atoms with Crippen LogP contribution in [0.5, 0.6) is 11.6 Å². The number of H-pyrrole nitrogens is 1.